The highest BCUT2D eigenvalue weighted by atomic mass is 79.9. The van der Waals surface area contributed by atoms with E-state index >= 15 is 0 Å². The lowest BCUT2D eigenvalue weighted by Crippen LogP contribution is -1.73. The van der Waals surface area contributed by atoms with Gasteiger partial charge in [0.2, 0.25) is 0 Å². The first kappa shape index (κ1) is 7.06. The summed E-state index contributed by atoms with van der Waals surface area (Å²) in [4.78, 5) is 4.03. The van der Waals surface area contributed by atoms with E-state index in [9.17, 15) is 0 Å². The summed E-state index contributed by atoms with van der Waals surface area (Å²) in [6.45, 7) is 0. The van der Waals surface area contributed by atoms with Crippen LogP contribution in [0.2, 0.25) is 0 Å². The Kier molecular flexibility index (Phi) is 1.58. The van der Waals surface area contributed by atoms with E-state index in [1.165, 1.54) is 0 Å². The Labute approximate surface area is 76.2 Å². The van der Waals surface area contributed by atoms with Crippen LogP contribution in [0.1, 0.15) is 0 Å². The number of aromatic nitrogens is 1. The van der Waals surface area contributed by atoms with Crippen LogP contribution in [0.3, 0.4) is 0 Å². The number of hydrogen-bond donors (Lipinski definition) is 1. The normalized spacial score (nSPS) is 10.6. The van der Waals surface area contributed by atoms with Gasteiger partial charge in [0.25, 0.3) is 0 Å². The number of nitrogens with zero attached hydrogens (tertiary/aromatic N) is 1. The van der Waals surface area contributed by atoms with Crippen LogP contribution >= 0.6 is 27.3 Å². The van der Waals surface area contributed by atoms with Gasteiger partial charge >= 0.3 is 0 Å². The van der Waals surface area contributed by atoms with Crippen molar-refractivity contribution in [2.45, 2.75) is 0 Å². The first-order valence-corrected chi connectivity index (χ1v) is 4.67. The first-order valence-electron chi connectivity index (χ1n) is 3.06. The van der Waals surface area contributed by atoms with Gasteiger partial charge in [-0.15, -0.1) is 11.3 Å². The molecule has 0 atom stereocenters. The molecule has 0 spiro atoms. The quantitative estimate of drug-likeness (QED) is 0.754. The minimum absolute atomic E-state index is 0.828. The number of hydrogen-bond acceptors (Lipinski definition) is 3. The van der Waals surface area contributed by atoms with E-state index in [0.717, 1.165) is 19.6 Å². The maximum atomic E-state index is 5.63. The molecule has 56 valence electrons. The molecule has 2 aromatic rings. The van der Waals surface area contributed by atoms with Crippen LogP contribution in [-0.4, -0.2) is 4.98 Å². The van der Waals surface area contributed by atoms with E-state index < -0.39 is 0 Å². The molecule has 2 heterocycles. The van der Waals surface area contributed by atoms with Gasteiger partial charge in [0.05, 0.1) is 9.70 Å². The molecular weight excluding hydrogens is 224 g/mol. The summed E-state index contributed by atoms with van der Waals surface area (Å²) in [5.41, 5.74) is 5.63. The fourth-order valence-electron chi connectivity index (χ4n) is 0.947. The van der Waals surface area contributed by atoms with Crippen LogP contribution in [0.15, 0.2) is 22.9 Å². The Balaban J connectivity index is 2.90. The third-order valence-electron chi connectivity index (χ3n) is 1.42. The van der Waals surface area contributed by atoms with Crippen molar-refractivity contribution in [3.8, 4) is 0 Å². The molecule has 2 rings (SSSR count). The van der Waals surface area contributed by atoms with Crippen molar-refractivity contribution < 1.29 is 0 Å². The fourth-order valence-corrected chi connectivity index (χ4v) is 2.35. The molecule has 4 heteroatoms. The first-order chi connectivity index (χ1) is 5.27. The molecule has 0 aliphatic carbocycles. The maximum absolute atomic E-state index is 5.63. The van der Waals surface area contributed by atoms with E-state index in [4.69, 9.17) is 5.73 Å². The van der Waals surface area contributed by atoms with Gasteiger partial charge in [-0.1, -0.05) is 0 Å². The molecule has 0 aliphatic heterocycles. The van der Waals surface area contributed by atoms with Gasteiger partial charge in [-0.05, 0) is 22.0 Å². The van der Waals surface area contributed by atoms with Crippen molar-refractivity contribution in [1.82, 2.24) is 4.98 Å². The van der Waals surface area contributed by atoms with Gasteiger partial charge in [0, 0.05) is 22.3 Å². The van der Waals surface area contributed by atoms with Crippen LogP contribution in [0, 0.1) is 0 Å². The van der Waals surface area contributed by atoms with Crippen LogP contribution in [0.4, 0.5) is 5.00 Å². The van der Waals surface area contributed by atoms with Crippen molar-refractivity contribution in [2.24, 2.45) is 0 Å². The van der Waals surface area contributed by atoms with Gasteiger partial charge in [0.15, 0.2) is 0 Å². The molecule has 11 heavy (non-hydrogen) atoms. The van der Waals surface area contributed by atoms with Crippen LogP contribution in [0.25, 0.3) is 10.1 Å². The maximum Gasteiger partial charge on any atom is 0.0869 e. The lowest BCUT2D eigenvalue weighted by molar-refractivity contribution is 1.36. The highest BCUT2D eigenvalue weighted by molar-refractivity contribution is 9.10. The van der Waals surface area contributed by atoms with E-state index in [-0.39, 0.29) is 0 Å². The third-order valence-corrected chi connectivity index (χ3v) is 2.95. The van der Waals surface area contributed by atoms with Gasteiger partial charge < -0.3 is 5.73 Å². The van der Waals surface area contributed by atoms with E-state index in [2.05, 4.69) is 20.9 Å². The number of rotatable bonds is 0. The number of fused-ring (bicyclic) bond motifs is 1. The molecular formula is C7H5BrN2S. The minimum Gasteiger partial charge on any atom is -0.391 e. The second-order valence-electron chi connectivity index (χ2n) is 2.18. The molecule has 0 amide bonds. The van der Waals surface area contributed by atoms with Crippen LogP contribution < -0.4 is 5.73 Å². The van der Waals surface area contributed by atoms with Gasteiger partial charge in [0.1, 0.15) is 0 Å². The van der Waals surface area contributed by atoms with Crippen molar-refractivity contribution >= 4 is 42.4 Å². The predicted octanol–water partition coefficient (Wildman–Crippen LogP) is 2.64. The molecule has 0 fully saturated rings. The topological polar surface area (TPSA) is 38.9 Å². The van der Waals surface area contributed by atoms with E-state index in [1.54, 1.807) is 17.5 Å². The number of halogens is 1. The summed E-state index contributed by atoms with van der Waals surface area (Å²) in [5.74, 6) is 0. The van der Waals surface area contributed by atoms with Crippen LogP contribution in [-0.2, 0) is 0 Å². The molecule has 0 radical (unpaired) electrons. The van der Waals surface area contributed by atoms with Crippen molar-refractivity contribution in [1.29, 1.82) is 0 Å². The molecule has 0 unspecified atom stereocenters. The Hall–Kier alpha value is -0.610. The summed E-state index contributed by atoms with van der Waals surface area (Å²) in [7, 11) is 0. The lowest BCUT2D eigenvalue weighted by Gasteiger charge is -1.88. The van der Waals surface area contributed by atoms with Crippen molar-refractivity contribution in [3.63, 3.8) is 0 Å². The Bertz CT molecular complexity index is 396. The molecule has 0 aliphatic rings. The van der Waals surface area contributed by atoms with Crippen molar-refractivity contribution in [2.75, 3.05) is 5.73 Å². The zero-order chi connectivity index (χ0) is 7.84. The molecule has 0 bridgehead atoms. The highest BCUT2D eigenvalue weighted by Crippen LogP contribution is 2.31. The van der Waals surface area contributed by atoms with E-state index in [0.29, 0.717) is 0 Å². The van der Waals surface area contributed by atoms with Gasteiger partial charge in [-0.25, -0.2) is 0 Å². The minimum atomic E-state index is 0.828. The number of nitrogens with two attached hydrogens (primary N) is 1. The third kappa shape index (κ3) is 1.12. The molecule has 2 N–H and O–H groups in total. The zero-order valence-corrected chi connectivity index (χ0v) is 7.95. The average Bonchev–Trinajstić information content (AvgIpc) is 2.31. The smallest absolute Gasteiger partial charge is 0.0869 e. The summed E-state index contributed by atoms with van der Waals surface area (Å²) in [5, 5.41) is 1.97. The largest absolute Gasteiger partial charge is 0.391 e. The highest BCUT2D eigenvalue weighted by Gasteiger charge is 2.01. The van der Waals surface area contributed by atoms with Crippen molar-refractivity contribution in [3.05, 3.63) is 22.9 Å². The fraction of sp³-hybridized carbons (Fsp3) is 0. The van der Waals surface area contributed by atoms with E-state index in [1.807, 2.05) is 12.3 Å². The second-order valence-corrected chi connectivity index (χ2v) is 4.15. The monoisotopic (exact) mass is 228 g/mol. The Morgan fingerprint density at radius 2 is 2.27 bits per heavy atom. The van der Waals surface area contributed by atoms with Gasteiger partial charge in [-0.3, -0.25) is 4.98 Å². The molecule has 0 saturated carbocycles. The molecule has 0 saturated heterocycles. The Morgan fingerprint density at radius 1 is 1.45 bits per heavy atom. The number of anilines is 1. The standard InChI is InChI=1S/C7H5BrN2S/c8-5-2-10-3-6-4(5)1-7(9)11-6/h1-3H,9H2. The Morgan fingerprint density at radius 3 is 3.00 bits per heavy atom. The zero-order valence-electron chi connectivity index (χ0n) is 5.54. The van der Waals surface area contributed by atoms with Crippen LogP contribution in [0.5, 0.6) is 0 Å². The van der Waals surface area contributed by atoms with Gasteiger partial charge in [-0.2, -0.15) is 0 Å². The molecule has 2 aromatic heterocycles. The average molecular weight is 229 g/mol. The molecule has 0 aromatic carbocycles. The number of pyridine rings is 1. The molecule has 2 nitrogen and oxygen atoms in total. The summed E-state index contributed by atoms with van der Waals surface area (Å²) in [6, 6.07) is 1.95. The second kappa shape index (κ2) is 2.46. The number of nitrogen functional groups attached to an aromatic ring is 1. The predicted molar refractivity (Wildman–Crippen MR) is 51.7 cm³/mol. The number of thiophene rings is 1. The summed E-state index contributed by atoms with van der Waals surface area (Å²) < 4.78 is 2.12. The lowest BCUT2D eigenvalue weighted by atomic mass is 10.3. The SMILES string of the molecule is Nc1cc2c(Br)cncc2s1. The summed E-state index contributed by atoms with van der Waals surface area (Å²) >= 11 is 4.95. The summed E-state index contributed by atoms with van der Waals surface area (Å²) in [6.07, 6.45) is 3.59.